The monoisotopic (exact) mass is 467 g/mol. The largest absolute Gasteiger partial charge is 0.462 e. The minimum Gasteiger partial charge on any atom is -0.462 e. The third-order valence-electron chi connectivity index (χ3n) is 5.52. The average Bonchev–Trinajstić information content (AvgIpc) is 3.41. The molecule has 0 saturated carbocycles. The Labute approximate surface area is 195 Å². The van der Waals surface area contributed by atoms with E-state index in [1.54, 1.807) is 20.8 Å². The van der Waals surface area contributed by atoms with E-state index >= 15 is 0 Å². The SMILES string of the molecule is CCOC(=O)c1sc(NC(=O)[C@@H](CC)OC(=O)c2c3c(nc4ccccc24)CCC3)nc1C. The second-order valence-corrected chi connectivity index (χ2v) is 8.73. The van der Waals surface area contributed by atoms with Crippen molar-refractivity contribution in [3.63, 3.8) is 0 Å². The normalized spacial score (nSPS) is 13.4. The van der Waals surface area contributed by atoms with Crippen LogP contribution in [0.3, 0.4) is 0 Å². The molecule has 2 heterocycles. The molecule has 1 atom stereocenters. The van der Waals surface area contributed by atoms with Crippen molar-refractivity contribution >= 4 is 45.2 Å². The van der Waals surface area contributed by atoms with Gasteiger partial charge < -0.3 is 9.47 Å². The summed E-state index contributed by atoms with van der Waals surface area (Å²) in [7, 11) is 0. The number of pyridine rings is 1. The predicted octanol–water partition coefficient (Wildman–Crippen LogP) is 4.24. The number of hydrogen-bond donors (Lipinski definition) is 1. The lowest BCUT2D eigenvalue weighted by Gasteiger charge is -2.17. The minimum absolute atomic E-state index is 0.249. The molecule has 1 aromatic carbocycles. The summed E-state index contributed by atoms with van der Waals surface area (Å²) >= 11 is 1.03. The smallest absolute Gasteiger partial charge is 0.350 e. The lowest BCUT2D eigenvalue weighted by atomic mass is 10.0. The summed E-state index contributed by atoms with van der Waals surface area (Å²) in [5, 5.41) is 3.65. The number of ether oxygens (including phenoxy) is 2. The van der Waals surface area contributed by atoms with Crippen molar-refractivity contribution in [2.75, 3.05) is 11.9 Å². The first-order valence-electron chi connectivity index (χ1n) is 11.0. The van der Waals surface area contributed by atoms with E-state index in [1.165, 1.54) is 0 Å². The fraction of sp³-hybridized carbons (Fsp3) is 0.375. The Morgan fingerprint density at radius 2 is 1.91 bits per heavy atom. The van der Waals surface area contributed by atoms with Crippen molar-refractivity contribution in [3.8, 4) is 0 Å². The third-order valence-corrected chi connectivity index (χ3v) is 6.58. The Kier molecular flexibility index (Phi) is 6.69. The average molecular weight is 468 g/mol. The van der Waals surface area contributed by atoms with Gasteiger partial charge in [-0.25, -0.2) is 14.6 Å². The van der Waals surface area contributed by atoms with Crippen LogP contribution in [0, 0.1) is 6.92 Å². The van der Waals surface area contributed by atoms with Gasteiger partial charge in [-0.2, -0.15) is 0 Å². The number of carbonyl (C=O) groups is 3. The van der Waals surface area contributed by atoms with E-state index in [-0.39, 0.29) is 18.2 Å². The maximum Gasteiger partial charge on any atom is 0.350 e. The highest BCUT2D eigenvalue weighted by molar-refractivity contribution is 7.17. The number of rotatable bonds is 7. The molecule has 9 heteroatoms. The Bertz CT molecular complexity index is 1240. The molecule has 0 spiro atoms. The Morgan fingerprint density at radius 3 is 2.67 bits per heavy atom. The van der Waals surface area contributed by atoms with Gasteiger partial charge in [0.1, 0.15) is 4.88 Å². The van der Waals surface area contributed by atoms with Crippen LogP contribution in [0.1, 0.15) is 63.7 Å². The third kappa shape index (κ3) is 4.59. The van der Waals surface area contributed by atoms with Gasteiger partial charge >= 0.3 is 11.9 Å². The van der Waals surface area contributed by atoms with Crippen LogP contribution in [0.2, 0.25) is 0 Å². The van der Waals surface area contributed by atoms with Crippen molar-refractivity contribution in [2.24, 2.45) is 0 Å². The second kappa shape index (κ2) is 9.66. The highest BCUT2D eigenvalue weighted by Crippen LogP contribution is 2.31. The molecule has 8 nitrogen and oxygen atoms in total. The minimum atomic E-state index is -1.00. The number of carbonyl (C=O) groups excluding carboxylic acids is 3. The maximum atomic E-state index is 13.3. The van der Waals surface area contributed by atoms with Crippen LogP contribution >= 0.6 is 11.3 Å². The zero-order valence-corrected chi connectivity index (χ0v) is 19.6. The number of nitrogens with zero attached hydrogens (tertiary/aromatic N) is 2. The number of para-hydroxylation sites is 1. The van der Waals surface area contributed by atoms with Gasteiger partial charge in [-0.1, -0.05) is 36.5 Å². The van der Waals surface area contributed by atoms with Gasteiger partial charge in [0.25, 0.3) is 5.91 Å². The zero-order chi connectivity index (χ0) is 23.5. The number of esters is 2. The molecule has 0 bridgehead atoms. The summed E-state index contributed by atoms with van der Waals surface area (Å²) in [6.07, 6.45) is 1.80. The molecular formula is C24H25N3O5S. The molecule has 0 saturated heterocycles. The molecular weight excluding hydrogens is 442 g/mol. The standard InChI is InChI=1S/C24H25N3O5S/c1-4-18(21(28)27-24-25-13(3)20(33-24)23(30)31-5-2)32-22(29)19-14-9-6-7-11-16(14)26-17-12-8-10-15(17)19/h6-7,9,11,18H,4-5,8,10,12H2,1-3H3,(H,25,27,28)/t18-/m1/s1. The van der Waals surface area contributed by atoms with Crippen LogP contribution in [-0.4, -0.2) is 40.5 Å². The summed E-state index contributed by atoms with van der Waals surface area (Å²) in [5.41, 5.74) is 3.53. The van der Waals surface area contributed by atoms with E-state index in [0.29, 0.717) is 16.1 Å². The Balaban J connectivity index is 1.54. The molecule has 0 unspecified atom stereocenters. The van der Waals surface area contributed by atoms with Gasteiger partial charge in [-0.3, -0.25) is 15.1 Å². The van der Waals surface area contributed by atoms with E-state index < -0.39 is 23.9 Å². The molecule has 0 fully saturated rings. The molecule has 1 N–H and O–H groups in total. The Hall–Kier alpha value is -3.33. The molecule has 1 aliphatic carbocycles. The van der Waals surface area contributed by atoms with E-state index in [0.717, 1.165) is 52.8 Å². The van der Waals surface area contributed by atoms with Gasteiger partial charge in [0, 0.05) is 11.1 Å². The van der Waals surface area contributed by atoms with E-state index in [1.807, 2.05) is 24.3 Å². The number of nitrogens with one attached hydrogen (secondary N) is 1. The molecule has 4 rings (SSSR count). The summed E-state index contributed by atoms with van der Waals surface area (Å²) < 4.78 is 10.7. The molecule has 0 radical (unpaired) electrons. The molecule has 172 valence electrons. The molecule has 0 aliphatic heterocycles. The van der Waals surface area contributed by atoms with Crippen molar-refractivity contribution in [2.45, 2.75) is 52.6 Å². The van der Waals surface area contributed by atoms with Crippen LogP contribution in [0.15, 0.2) is 24.3 Å². The van der Waals surface area contributed by atoms with Gasteiger partial charge in [0.2, 0.25) is 0 Å². The lowest BCUT2D eigenvalue weighted by molar-refractivity contribution is -0.124. The lowest BCUT2D eigenvalue weighted by Crippen LogP contribution is -2.32. The van der Waals surface area contributed by atoms with Gasteiger partial charge in [-0.05, 0) is 51.2 Å². The topological polar surface area (TPSA) is 107 Å². The van der Waals surface area contributed by atoms with Gasteiger partial charge in [-0.15, -0.1) is 0 Å². The van der Waals surface area contributed by atoms with Crippen LogP contribution in [0.4, 0.5) is 5.13 Å². The van der Waals surface area contributed by atoms with Crippen LogP contribution < -0.4 is 5.32 Å². The zero-order valence-electron chi connectivity index (χ0n) is 18.8. The number of aromatic nitrogens is 2. The summed E-state index contributed by atoms with van der Waals surface area (Å²) in [6.45, 7) is 5.41. The van der Waals surface area contributed by atoms with Crippen molar-refractivity contribution in [1.29, 1.82) is 0 Å². The first-order valence-corrected chi connectivity index (χ1v) is 11.8. The maximum absolute atomic E-state index is 13.3. The van der Waals surface area contributed by atoms with Crippen molar-refractivity contribution in [3.05, 3.63) is 51.7 Å². The van der Waals surface area contributed by atoms with Gasteiger partial charge in [0.15, 0.2) is 11.2 Å². The van der Waals surface area contributed by atoms with Gasteiger partial charge in [0.05, 0.1) is 23.4 Å². The number of hydrogen-bond acceptors (Lipinski definition) is 8. The highest BCUT2D eigenvalue weighted by Gasteiger charge is 2.29. The fourth-order valence-corrected chi connectivity index (χ4v) is 4.84. The van der Waals surface area contributed by atoms with E-state index in [2.05, 4.69) is 10.3 Å². The fourth-order valence-electron chi connectivity index (χ4n) is 3.98. The van der Waals surface area contributed by atoms with E-state index in [4.69, 9.17) is 14.5 Å². The number of benzene rings is 1. The van der Waals surface area contributed by atoms with Crippen molar-refractivity contribution in [1.82, 2.24) is 9.97 Å². The molecule has 1 aliphatic rings. The number of thiazole rings is 1. The first kappa shape index (κ1) is 22.8. The molecule has 3 aromatic rings. The first-order chi connectivity index (χ1) is 15.9. The van der Waals surface area contributed by atoms with Crippen LogP contribution in [0.25, 0.3) is 10.9 Å². The van der Waals surface area contributed by atoms with Crippen LogP contribution in [-0.2, 0) is 27.1 Å². The predicted molar refractivity (Wildman–Crippen MR) is 125 cm³/mol. The number of amides is 1. The van der Waals surface area contributed by atoms with Crippen LogP contribution in [0.5, 0.6) is 0 Å². The number of fused-ring (bicyclic) bond motifs is 2. The number of aryl methyl sites for hydroxylation is 2. The second-order valence-electron chi connectivity index (χ2n) is 7.73. The molecule has 1 amide bonds. The Morgan fingerprint density at radius 1 is 1.12 bits per heavy atom. The van der Waals surface area contributed by atoms with Crippen molar-refractivity contribution < 1.29 is 23.9 Å². The summed E-state index contributed by atoms with van der Waals surface area (Å²) in [4.78, 5) is 47.4. The quantitative estimate of drug-likeness (QED) is 0.518. The molecule has 2 aromatic heterocycles. The number of anilines is 1. The summed E-state index contributed by atoms with van der Waals surface area (Å²) in [6, 6.07) is 7.47. The van der Waals surface area contributed by atoms with E-state index in [9.17, 15) is 14.4 Å². The highest BCUT2D eigenvalue weighted by atomic mass is 32.1. The molecule has 33 heavy (non-hydrogen) atoms. The summed E-state index contributed by atoms with van der Waals surface area (Å²) in [5.74, 6) is -1.51.